The number of rotatable bonds is 6. The highest BCUT2D eigenvalue weighted by Gasteiger charge is 2.15. The standard InChI is InChI=1S/C15H25N5/c1-5-19(10-12(4)9-16)15-14-8-13(11(2)3)18-20(14)7-6-17-15/h6-8,11-12H,5,9-10,16H2,1-4H3. The van der Waals surface area contributed by atoms with Crippen LogP contribution in [0.25, 0.3) is 5.52 Å². The summed E-state index contributed by atoms with van der Waals surface area (Å²) in [4.78, 5) is 6.84. The third kappa shape index (κ3) is 2.93. The Hall–Kier alpha value is -1.62. The van der Waals surface area contributed by atoms with E-state index in [0.29, 0.717) is 18.4 Å². The van der Waals surface area contributed by atoms with Gasteiger partial charge >= 0.3 is 0 Å². The molecule has 0 spiro atoms. The predicted octanol–water partition coefficient (Wildman–Crippen LogP) is 2.27. The third-order valence-corrected chi connectivity index (χ3v) is 3.60. The van der Waals surface area contributed by atoms with Crippen molar-refractivity contribution in [2.24, 2.45) is 11.7 Å². The summed E-state index contributed by atoms with van der Waals surface area (Å²) >= 11 is 0. The first-order valence-corrected chi connectivity index (χ1v) is 7.36. The van der Waals surface area contributed by atoms with Crippen molar-refractivity contribution in [2.75, 3.05) is 24.5 Å². The number of fused-ring (bicyclic) bond motifs is 1. The predicted molar refractivity (Wildman–Crippen MR) is 83.2 cm³/mol. The van der Waals surface area contributed by atoms with E-state index < -0.39 is 0 Å². The lowest BCUT2D eigenvalue weighted by molar-refractivity contribution is 0.573. The average Bonchev–Trinajstić information content (AvgIpc) is 2.88. The Morgan fingerprint density at radius 2 is 2.10 bits per heavy atom. The molecule has 2 aromatic heterocycles. The molecule has 0 saturated carbocycles. The van der Waals surface area contributed by atoms with Crippen molar-refractivity contribution in [3.63, 3.8) is 0 Å². The van der Waals surface area contributed by atoms with Gasteiger partial charge in [-0.1, -0.05) is 20.8 Å². The molecule has 2 heterocycles. The molecule has 0 aliphatic rings. The SMILES string of the molecule is CCN(CC(C)CN)c1nccn2nc(C(C)C)cc12. The van der Waals surface area contributed by atoms with E-state index in [1.807, 2.05) is 16.9 Å². The molecule has 0 fully saturated rings. The highest BCUT2D eigenvalue weighted by Crippen LogP contribution is 2.23. The normalized spacial score (nSPS) is 13.1. The maximum Gasteiger partial charge on any atom is 0.154 e. The second-order valence-corrected chi connectivity index (χ2v) is 5.68. The molecule has 0 aliphatic heterocycles. The Morgan fingerprint density at radius 3 is 2.70 bits per heavy atom. The Labute approximate surface area is 120 Å². The lowest BCUT2D eigenvalue weighted by atomic mass is 10.1. The van der Waals surface area contributed by atoms with Crippen LogP contribution in [0.3, 0.4) is 0 Å². The number of hydrogen-bond donors (Lipinski definition) is 1. The van der Waals surface area contributed by atoms with Gasteiger partial charge in [0.1, 0.15) is 5.52 Å². The first kappa shape index (κ1) is 14.8. The molecule has 0 aliphatic carbocycles. The van der Waals surface area contributed by atoms with Crippen LogP contribution in [0.2, 0.25) is 0 Å². The molecular formula is C15H25N5. The average molecular weight is 275 g/mol. The van der Waals surface area contributed by atoms with Crippen LogP contribution in [0.4, 0.5) is 5.82 Å². The van der Waals surface area contributed by atoms with Crippen molar-refractivity contribution >= 4 is 11.3 Å². The maximum absolute atomic E-state index is 5.74. The van der Waals surface area contributed by atoms with Crippen molar-refractivity contribution in [1.29, 1.82) is 0 Å². The van der Waals surface area contributed by atoms with E-state index in [9.17, 15) is 0 Å². The first-order valence-electron chi connectivity index (χ1n) is 7.36. The van der Waals surface area contributed by atoms with Crippen LogP contribution in [0, 0.1) is 5.92 Å². The second kappa shape index (κ2) is 6.22. The molecule has 1 atom stereocenters. The molecule has 0 aromatic carbocycles. The van der Waals surface area contributed by atoms with E-state index in [4.69, 9.17) is 5.73 Å². The van der Waals surface area contributed by atoms with Crippen LogP contribution < -0.4 is 10.6 Å². The molecule has 0 saturated heterocycles. The Balaban J connectivity index is 2.41. The third-order valence-electron chi connectivity index (χ3n) is 3.60. The topological polar surface area (TPSA) is 59.5 Å². The summed E-state index contributed by atoms with van der Waals surface area (Å²) in [6.45, 7) is 11.1. The van der Waals surface area contributed by atoms with Crippen LogP contribution in [0.15, 0.2) is 18.5 Å². The van der Waals surface area contributed by atoms with E-state index in [-0.39, 0.29) is 0 Å². The molecule has 1 unspecified atom stereocenters. The summed E-state index contributed by atoms with van der Waals surface area (Å²) < 4.78 is 1.92. The lowest BCUT2D eigenvalue weighted by Gasteiger charge is -2.25. The lowest BCUT2D eigenvalue weighted by Crippen LogP contribution is -2.32. The first-order chi connectivity index (χ1) is 9.56. The van der Waals surface area contributed by atoms with Gasteiger partial charge in [0, 0.05) is 25.5 Å². The summed E-state index contributed by atoms with van der Waals surface area (Å²) in [5, 5.41) is 4.61. The zero-order valence-electron chi connectivity index (χ0n) is 12.9. The minimum Gasteiger partial charge on any atom is -0.355 e. The molecule has 2 rings (SSSR count). The Morgan fingerprint density at radius 1 is 1.35 bits per heavy atom. The highest BCUT2D eigenvalue weighted by molar-refractivity contribution is 5.69. The van der Waals surface area contributed by atoms with E-state index in [2.05, 4.69) is 48.7 Å². The van der Waals surface area contributed by atoms with Gasteiger partial charge in [-0.05, 0) is 31.4 Å². The summed E-state index contributed by atoms with van der Waals surface area (Å²) in [6, 6.07) is 2.14. The van der Waals surface area contributed by atoms with Crippen LogP contribution >= 0.6 is 0 Å². The van der Waals surface area contributed by atoms with Crippen molar-refractivity contribution < 1.29 is 0 Å². The quantitative estimate of drug-likeness (QED) is 0.878. The van der Waals surface area contributed by atoms with Crippen molar-refractivity contribution in [2.45, 2.75) is 33.6 Å². The van der Waals surface area contributed by atoms with E-state index >= 15 is 0 Å². The van der Waals surface area contributed by atoms with Crippen LogP contribution in [0.5, 0.6) is 0 Å². The molecule has 2 aromatic rings. The van der Waals surface area contributed by atoms with Gasteiger partial charge in [-0.2, -0.15) is 5.10 Å². The summed E-state index contributed by atoms with van der Waals surface area (Å²) in [6.07, 6.45) is 3.72. The van der Waals surface area contributed by atoms with Gasteiger partial charge in [-0.15, -0.1) is 0 Å². The summed E-state index contributed by atoms with van der Waals surface area (Å²) in [5.41, 5.74) is 7.92. The molecule has 110 valence electrons. The van der Waals surface area contributed by atoms with Gasteiger partial charge in [-0.25, -0.2) is 9.50 Å². The van der Waals surface area contributed by atoms with Crippen molar-refractivity contribution in [3.05, 3.63) is 24.2 Å². The molecule has 5 nitrogen and oxygen atoms in total. The number of nitrogens with zero attached hydrogens (tertiary/aromatic N) is 4. The molecular weight excluding hydrogens is 250 g/mol. The maximum atomic E-state index is 5.74. The monoisotopic (exact) mass is 275 g/mol. The fourth-order valence-electron chi connectivity index (χ4n) is 2.27. The van der Waals surface area contributed by atoms with Gasteiger partial charge in [0.25, 0.3) is 0 Å². The highest BCUT2D eigenvalue weighted by atomic mass is 15.3. The Bertz CT molecular complexity index is 560. The minimum absolute atomic E-state index is 0.417. The van der Waals surface area contributed by atoms with Crippen LogP contribution in [0.1, 0.15) is 39.3 Å². The van der Waals surface area contributed by atoms with E-state index in [1.165, 1.54) is 0 Å². The molecule has 20 heavy (non-hydrogen) atoms. The number of anilines is 1. The van der Waals surface area contributed by atoms with E-state index in [0.717, 1.165) is 30.1 Å². The molecule has 5 heteroatoms. The minimum atomic E-state index is 0.417. The van der Waals surface area contributed by atoms with Gasteiger partial charge in [0.05, 0.1) is 5.69 Å². The van der Waals surface area contributed by atoms with Gasteiger partial charge in [0.15, 0.2) is 5.82 Å². The van der Waals surface area contributed by atoms with Crippen LogP contribution in [-0.4, -0.2) is 34.2 Å². The van der Waals surface area contributed by atoms with Crippen molar-refractivity contribution in [3.8, 4) is 0 Å². The summed E-state index contributed by atoms with van der Waals surface area (Å²) in [5.74, 6) is 1.86. The fraction of sp³-hybridized carbons (Fsp3) is 0.600. The largest absolute Gasteiger partial charge is 0.355 e. The zero-order chi connectivity index (χ0) is 14.7. The summed E-state index contributed by atoms with van der Waals surface area (Å²) in [7, 11) is 0. The van der Waals surface area contributed by atoms with Gasteiger partial charge in [-0.3, -0.25) is 0 Å². The van der Waals surface area contributed by atoms with Crippen LogP contribution in [-0.2, 0) is 0 Å². The number of nitrogens with two attached hydrogens (primary N) is 1. The zero-order valence-corrected chi connectivity index (χ0v) is 12.9. The molecule has 0 radical (unpaired) electrons. The second-order valence-electron chi connectivity index (χ2n) is 5.68. The fourth-order valence-corrected chi connectivity index (χ4v) is 2.27. The van der Waals surface area contributed by atoms with E-state index in [1.54, 1.807) is 0 Å². The van der Waals surface area contributed by atoms with Crippen molar-refractivity contribution in [1.82, 2.24) is 14.6 Å². The van der Waals surface area contributed by atoms with Gasteiger partial charge in [0.2, 0.25) is 0 Å². The smallest absolute Gasteiger partial charge is 0.154 e. The molecule has 2 N–H and O–H groups in total. The number of hydrogen-bond acceptors (Lipinski definition) is 4. The molecule has 0 bridgehead atoms. The molecule has 0 amide bonds. The Kier molecular flexibility index (Phi) is 4.60. The van der Waals surface area contributed by atoms with Gasteiger partial charge < -0.3 is 10.6 Å². The number of aromatic nitrogens is 3.